The number of anilines is 1. The molecule has 14 heavy (non-hydrogen) atoms. The highest BCUT2D eigenvalue weighted by molar-refractivity contribution is 6.43. The molecule has 5 heteroatoms. The highest BCUT2D eigenvalue weighted by atomic mass is 35.5. The van der Waals surface area contributed by atoms with E-state index in [9.17, 15) is 4.79 Å². The predicted molar refractivity (Wildman–Crippen MR) is 54.2 cm³/mol. The Kier molecular flexibility index (Phi) is 3.30. The summed E-state index contributed by atoms with van der Waals surface area (Å²) in [6.45, 7) is 7.24. The molecule has 76 valence electrons. The van der Waals surface area contributed by atoms with Gasteiger partial charge in [-0.3, -0.25) is 10.1 Å². The molecule has 0 aromatic carbocycles. The summed E-state index contributed by atoms with van der Waals surface area (Å²) in [4.78, 5) is 11.1. The molecule has 0 fully saturated rings. The average molecular weight is 215 g/mol. The van der Waals surface area contributed by atoms with Gasteiger partial charge in [-0.1, -0.05) is 37.2 Å². The minimum absolute atomic E-state index is 0.0903. The molecule has 0 spiro atoms. The second kappa shape index (κ2) is 4.28. The third kappa shape index (κ3) is 2.60. The van der Waals surface area contributed by atoms with Crippen LogP contribution >= 0.6 is 11.6 Å². The molecule has 0 aliphatic rings. The van der Waals surface area contributed by atoms with Gasteiger partial charge in [0.2, 0.25) is 5.88 Å². The van der Waals surface area contributed by atoms with Crippen LogP contribution in [-0.2, 0) is 4.79 Å². The number of halogens is 1. The number of hydrogen-bond donors (Lipinski definition) is 1. The van der Waals surface area contributed by atoms with Crippen molar-refractivity contribution in [3.63, 3.8) is 0 Å². The number of carbonyl (C=O) groups excluding carboxylic acids is 1. The molecule has 4 nitrogen and oxygen atoms in total. The van der Waals surface area contributed by atoms with Crippen molar-refractivity contribution in [1.82, 2.24) is 5.16 Å². The van der Waals surface area contributed by atoms with Gasteiger partial charge in [-0.15, -0.1) is 0 Å². The summed E-state index contributed by atoms with van der Waals surface area (Å²) in [6.07, 6.45) is 0. The Hall–Kier alpha value is -1.29. The predicted octanol–water partition coefficient (Wildman–Crippen LogP) is 2.49. The number of nitrogens with one attached hydrogen (secondary N) is 1. The number of amides is 1. The molecule has 0 aliphatic carbocycles. The van der Waals surface area contributed by atoms with E-state index in [0.29, 0.717) is 0 Å². The first-order valence-electron chi connectivity index (χ1n) is 4.13. The van der Waals surface area contributed by atoms with Crippen LogP contribution in [-0.4, -0.2) is 11.1 Å². The van der Waals surface area contributed by atoms with Crippen LogP contribution in [0, 0.1) is 0 Å². The summed E-state index contributed by atoms with van der Waals surface area (Å²) >= 11 is 5.38. The van der Waals surface area contributed by atoms with Gasteiger partial charge in [0, 0.05) is 6.07 Å². The standard InChI is InChI=1S/C9H11ClN2O2/c1-5(2)7-4-8(14-12-7)11-9(13)6(3)10/h4-5H,3H2,1-2H3,(H,11,13). The lowest BCUT2D eigenvalue weighted by molar-refractivity contribution is -0.112. The second-order valence-electron chi connectivity index (χ2n) is 3.13. The first-order chi connectivity index (χ1) is 6.50. The van der Waals surface area contributed by atoms with Gasteiger partial charge in [0.25, 0.3) is 5.91 Å². The summed E-state index contributed by atoms with van der Waals surface area (Å²) in [6, 6.07) is 1.66. The van der Waals surface area contributed by atoms with Crippen LogP contribution in [0.15, 0.2) is 22.2 Å². The molecule has 0 bridgehead atoms. The van der Waals surface area contributed by atoms with Gasteiger partial charge in [0.1, 0.15) is 0 Å². The highest BCUT2D eigenvalue weighted by Gasteiger charge is 2.10. The lowest BCUT2D eigenvalue weighted by atomic mass is 10.1. The molecule has 0 atom stereocenters. The zero-order valence-electron chi connectivity index (χ0n) is 8.00. The molecule has 1 rings (SSSR count). The molecule has 1 aromatic rings. The van der Waals surface area contributed by atoms with E-state index in [1.807, 2.05) is 13.8 Å². The smallest absolute Gasteiger partial charge is 0.268 e. The molecule has 0 saturated carbocycles. The lowest BCUT2D eigenvalue weighted by Crippen LogP contribution is -2.09. The number of rotatable bonds is 3. The molecule has 0 saturated heterocycles. The highest BCUT2D eigenvalue weighted by Crippen LogP contribution is 2.17. The van der Waals surface area contributed by atoms with Crippen LogP contribution in [0.1, 0.15) is 25.5 Å². The molecular weight excluding hydrogens is 204 g/mol. The Balaban J connectivity index is 2.69. The maximum absolute atomic E-state index is 11.1. The molecule has 1 aromatic heterocycles. The van der Waals surface area contributed by atoms with Crippen LogP contribution in [0.3, 0.4) is 0 Å². The van der Waals surface area contributed by atoms with Gasteiger partial charge in [-0.25, -0.2) is 0 Å². The summed E-state index contributed by atoms with van der Waals surface area (Å²) in [7, 11) is 0. The van der Waals surface area contributed by atoms with Gasteiger partial charge in [-0.2, -0.15) is 0 Å². The molecule has 0 aliphatic heterocycles. The number of hydrogen-bond acceptors (Lipinski definition) is 3. The molecule has 1 N–H and O–H groups in total. The number of carbonyl (C=O) groups is 1. The van der Waals surface area contributed by atoms with E-state index in [1.165, 1.54) is 0 Å². The van der Waals surface area contributed by atoms with E-state index in [-0.39, 0.29) is 16.8 Å². The average Bonchev–Trinajstić information content (AvgIpc) is 2.52. The molecule has 0 unspecified atom stereocenters. The summed E-state index contributed by atoms with van der Waals surface area (Å²) in [5.41, 5.74) is 0.778. The molecular formula is C9H11ClN2O2. The van der Waals surface area contributed by atoms with Crippen molar-refractivity contribution in [3.8, 4) is 0 Å². The van der Waals surface area contributed by atoms with Crippen molar-refractivity contribution in [2.75, 3.05) is 5.32 Å². The van der Waals surface area contributed by atoms with Crippen molar-refractivity contribution in [3.05, 3.63) is 23.4 Å². The molecule has 1 heterocycles. The first-order valence-corrected chi connectivity index (χ1v) is 4.51. The van der Waals surface area contributed by atoms with Crippen LogP contribution in [0.25, 0.3) is 0 Å². The molecule has 0 radical (unpaired) electrons. The Labute approximate surface area is 86.9 Å². The van der Waals surface area contributed by atoms with Crippen LogP contribution in [0.5, 0.6) is 0 Å². The maximum Gasteiger partial charge on any atom is 0.268 e. The monoisotopic (exact) mass is 214 g/mol. The van der Waals surface area contributed by atoms with Crippen molar-refractivity contribution < 1.29 is 9.32 Å². The summed E-state index contributed by atoms with van der Waals surface area (Å²) < 4.78 is 4.87. The van der Waals surface area contributed by atoms with Crippen LogP contribution < -0.4 is 5.32 Å². The second-order valence-corrected chi connectivity index (χ2v) is 3.59. The van der Waals surface area contributed by atoms with Gasteiger partial charge in [-0.05, 0) is 5.92 Å². The van der Waals surface area contributed by atoms with Crippen molar-refractivity contribution in [2.45, 2.75) is 19.8 Å². The van der Waals surface area contributed by atoms with E-state index in [2.05, 4.69) is 17.1 Å². The van der Waals surface area contributed by atoms with E-state index in [0.717, 1.165) is 5.69 Å². The third-order valence-corrected chi connectivity index (χ3v) is 1.77. The fraction of sp³-hybridized carbons (Fsp3) is 0.333. The van der Waals surface area contributed by atoms with Gasteiger partial charge in [0.15, 0.2) is 0 Å². The zero-order chi connectivity index (χ0) is 10.7. The van der Waals surface area contributed by atoms with E-state index in [1.54, 1.807) is 6.07 Å². The largest absolute Gasteiger partial charge is 0.338 e. The SMILES string of the molecule is C=C(Cl)C(=O)Nc1cc(C(C)C)no1. The fourth-order valence-corrected chi connectivity index (χ4v) is 0.847. The van der Waals surface area contributed by atoms with Crippen molar-refractivity contribution >= 4 is 23.4 Å². The number of nitrogens with zero attached hydrogens (tertiary/aromatic N) is 1. The van der Waals surface area contributed by atoms with Gasteiger partial charge < -0.3 is 4.52 Å². The van der Waals surface area contributed by atoms with Crippen LogP contribution in [0.2, 0.25) is 0 Å². The van der Waals surface area contributed by atoms with Crippen molar-refractivity contribution in [2.24, 2.45) is 0 Å². The van der Waals surface area contributed by atoms with Gasteiger partial charge in [0.05, 0.1) is 10.7 Å². The third-order valence-electron chi connectivity index (χ3n) is 1.60. The Morgan fingerprint density at radius 1 is 1.71 bits per heavy atom. The lowest BCUT2D eigenvalue weighted by Gasteiger charge is -1.96. The van der Waals surface area contributed by atoms with E-state index >= 15 is 0 Å². The zero-order valence-corrected chi connectivity index (χ0v) is 8.76. The molecule has 1 amide bonds. The minimum atomic E-state index is -0.488. The van der Waals surface area contributed by atoms with Gasteiger partial charge >= 0.3 is 0 Å². The first kappa shape index (κ1) is 10.8. The quantitative estimate of drug-likeness (QED) is 0.787. The Morgan fingerprint density at radius 2 is 2.36 bits per heavy atom. The Morgan fingerprint density at radius 3 is 2.79 bits per heavy atom. The normalized spacial score (nSPS) is 10.3. The fourth-order valence-electron chi connectivity index (χ4n) is 0.800. The van der Waals surface area contributed by atoms with E-state index < -0.39 is 5.91 Å². The summed E-state index contributed by atoms with van der Waals surface area (Å²) in [5, 5.41) is 6.09. The maximum atomic E-state index is 11.1. The topological polar surface area (TPSA) is 55.1 Å². The number of aromatic nitrogens is 1. The summed E-state index contributed by atoms with van der Waals surface area (Å²) in [5.74, 6) is 0.0437. The van der Waals surface area contributed by atoms with Crippen LogP contribution in [0.4, 0.5) is 5.88 Å². The van der Waals surface area contributed by atoms with E-state index in [4.69, 9.17) is 16.1 Å². The Bertz CT molecular complexity index is 357. The van der Waals surface area contributed by atoms with Crippen molar-refractivity contribution in [1.29, 1.82) is 0 Å². The minimum Gasteiger partial charge on any atom is -0.338 e.